The Balaban J connectivity index is 1.49. The van der Waals surface area contributed by atoms with Crippen molar-refractivity contribution in [2.75, 3.05) is 16.8 Å². The van der Waals surface area contributed by atoms with Gasteiger partial charge in [-0.15, -0.1) is 0 Å². The smallest absolute Gasteiger partial charge is 0.263 e. The van der Waals surface area contributed by atoms with E-state index in [2.05, 4.69) is 15.7 Å². The number of rotatable bonds is 4. The summed E-state index contributed by atoms with van der Waals surface area (Å²) in [6.45, 7) is 3.52. The second-order valence-electron chi connectivity index (χ2n) is 7.15. The Labute approximate surface area is 176 Å². The van der Waals surface area contributed by atoms with E-state index in [0.29, 0.717) is 11.4 Å². The second kappa shape index (κ2) is 7.49. The van der Waals surface area contributed by atoms with Gasteiger partial charge < -0.3 is 5.32 Å². The summed E-state index contributed by atoms with van der Waals surface area (Å²) in [4.78, 5) is 39.2. The molecule has 0 bridgehead atoms. The number of nitrogens with one attached hydrogen (secondary N) is 1. The molecule has 30 heavy (non-hydrogen) atoms. The Kier molecular flexibility index (Phi) is 4.98. The van der Waals surface area contributed by atoms with Gasteiger partial charge in [0.15, 0.2) is 12.1 Å². The highest BCUT2D eigenvalue weighted by atomic mass is 35.5. The Bertz CT molecular complexity index is 1110. The van der Waals surface area contributed by atoms with Gasteiger partial charge in [0.2, 0.25) is 5.91 Å². The van der Waals surface area contributed by atoms with Crippen molar-refractivity contribution >= 4 is 40.7 Å². The van der Waals surface area contributed by atoms with Gasteiger partial charge in [0, 0.05) is 5.69 Å². The summed E-state index contributed by atoms with van der Waals surface area (Å²) in [6, 6.07) is 7.08. The number of hydrogen-bond acceptors (Lipinski definition) is 6. The summed E-state index contributed by atoms with van der Waals surface area (Å²) in [5.41, 5.74) is 2.74. The molecule has 10 heteroatoms. The number of amides is 3. The largest absolute Gasteiger partial charge is 0.324 e. The van der Waals surface area contributed by atoms with Gasteiger partial charge in [-0.2, -0.15) is 5.11 Å². The van der Waals surface area contributed by atoms with Crippen LogP contribution in [-0.2, 0) is 14.4 Å². The van der Waals surface area contributed by atoms with Crippen LogP contribution in [0.15, 0.2) is 46.7 Å². The quantitative estimate of drug-likeness (QED) is 0.756. The summed E-state index contributed by atoms with van der Waals surface area (Å²) in [6.07, 6.45) is 0. The number of benzene rings is 2. The fourth-order valence-corrected chi connectivity index (χ4v) is 3.58. The highest BCUT2D eigenvalue weighted by Gasteiger charge is 2.55. The first kappa shape index (κ1) is 20.0. The summed E-state index contributed by atoms with van der Waals surface area (Å²) in [7, 11) is 0. The molecule has 0 aromatic heterocycles. The minimum Gasteiger partial charge on any atom is -0.324 e. The lowest BCUT2D eigenvalue weighted by molar-refractivity contribution is -0.123. The third-order valence-corrected chi connectivity index (χ3v) is 5.41. The normalized spacial score (nSPS) is 20.1. The van der Waals surface area contributed by atoms with E-state index in [9.17, 15) is 18.8 Å². The van der Waals surface area contributed by atoms with Crippen LogP contribution in [0.5, 0.6) is 0 Å². The topological polar surface area (TPSA) is 94.4 Å². The lowest BCUT2D eigenvalue weighted by atomic mass is 10.1. The van der Waals surface area contributed by atoms with E-state index >= 15 is 0 Å². The molecule has 2 aromatic rings. The SMILES string of the molecule is Cc1ccc(N2C(=O)[C@@H]3N=NN(CC(=O)Nc4ccc(F)c(Cl)c4)[C@H]3C2=O)cc1C. The Morgan fingerprint density at radius 3 is 2.60 bits per heavy atom. The fourth-order valence-electron chi connectivity index (χ4n) is 3.39. The van der Waals surface area contributed by atoms with Crippen LogP contribution >= 0.6 is 11.6 Å². The first-order chi connectivity index (χ1) is 14.3. The van der Waals surface area contributed by atoms with Crippen LogP contribution < -0.4 is 10.2 Å². The van der Waals surface area contributed by atoms with Gasteiger partial charge in [0.05, 0.1) is 10.7 Å². The molecule has 1 fully saturated rings. The van der Waals surface area contributed by atoms with Crippen molar-refractivity contribution in [2.45, 2.75) is 25.9 Å². The first-order valence-corrected chi connectivity index (χ1v) is 9.51. The third-order valence-electron chi connectivity index (χ3n) is 5.12. The minimum absolute atomic E-state index is 0.130. The van der Waals surface area contributed by atoms with Crippen LogP contribution in [0.4, 0.5) is 15.8 Å². The zero-order chi connectivity index (χ0) is 21.6. The average molecular weight is 430 g/mol. The van der Waals surface area contributed by atoms with Crippen molar-refractivity contribution in [3.8, 4) is 0 Å². The maximum atomic E-state index is 13.3. The molecular formula is C20H17ClFN5O3. The lowest BCUT2D eigenvalue weighted by Crippen LogP contribution is -2.43. The molecule has 2 aromatic carbocycles. The van der Waals surface area contributed by atoms with Crippen molar-refractivity contribution < 1.29 is 18.8 Å². The molecule has 0 radical (unpaired) electrons. The van der Waals surface area contributed by atoms with E-state index in [1.807, 2.05) is 19.9 Å². The van der Waals surface area contributed by atoms with Gasteiger partial charge in [0.1, 0.15) is 12.4 Å². The Hall–Kier alpha value is -3.33. The van der Waals surface area contributed by atoms with E-state index in [1.165, 1.54) is 17.1 Å². The lowest BCUT2D eigenvalue weighted by Gasteiger charge is -2.20. The number of carbonyl (C=O) groups is 3. The van der Waals surface area contributed by atoms with Gasteiger partial charge in [-0.1, -0.05) is 22.9 Å². The molecule has 0 saturated carbocycles. The van der Waals surface area contributed by atoms with Crippen molar-refractivity contribution in [3.63, 3.8) is 0 Å². The molecule has 2 heterocycles. The van der Waals surface area contributed by atoms with E-state index in [4.69, 9.17) is 11.6 Å². The third kappa shape index (κ3) is 3.41. The molecule has 1 N–H and O–H groups in total. The van der Waals surface area contributed by atoms with Gasteiger partial charge in [0.25, 0.3) is 11.8 Å². The van der Waals surface area contributed by atoms with Crippen LogP contribution in [0.2, 0.25) is 5.02 Å². The zero-order valence-corrected chi connectivity index (χ0v) is 16.9. The predicted molar refractivity (Wildman–Crippen MR) is 108 cm³/mol. The van der Waals surface area contributed by atoms with Crippen LogP contribution in [0.25, 0.3) is 0 Å². The van der Waals surface area contributed by atoms with Crippen molar-refractivity contribution in [2.24, 2.45) is 10.3 Å². The summed E-state index contributed by atoms with van der Waals surface area (Å²) in [5.74, 6) is -2.09. The van der Waals surface area contributed by atoms with Crippen LogP contribution in [0.3, 0.4) is 0 Å². The minimum atomic E-state index is -0.993. The molecule has 2 aliphatic rings. The predicted octanol–water partition coefficient (Wildman–Crippen LogP) is 3.03. The maximum Gasteiger partial charge on any atom is 0.263 e. The van der Waals surface area contributed by atoms with Gasteiger partial charge in [-0.25, -0.2) is 9.29 Å². The molecule has 4 rings (SSSR count). The molecule has 8 nitrogen and oxygen atoms in total. The number of halogens is 2. The zero-order valence-electron chi connectivity index (χ0n) is 16.1. The number of nitrogens with zero attached hydrogens (tertiary/aromatic N) is 4. The molecule has 1 saturated heterocycles. The fraction of sp³-hybridized carbons (Fsp3) is 0.250. The van der Waals surface area contributed by atoms with Crippen molar-refractivity contribution in [1.29, 1.82) is 0 Å². The first-order valence-electron chi connectivity index (χ1n) is 9.13. The van der Waals surface area contributed by atoms with Crippen LogP contribution in [-0.4, -0.2) is 41.4 Å². The molecule has 3 amide bonds. The highest BCUT2D eigenvalue weighted by molar-refractivity contribution is 6.31. The molecular weight excluding hydrogens is 413 g/mol. The molecule has 154 valence electrons. The van der Waals surface area contributed by atoms with Crippen LogP contribution in [0.1, 0.15) is 11.1 Å². The number of anilines is 2. The molecule has 0 unspecified atom stereocenters. The maximum absolute atomic E-state index is 13.3. The summed E-state index contributed by atoms with van der Waals surface area (Å²) >= 11 is 5.71. The van der Waals surface area contributed by atoms with Crippen molar-refractivity contribution in [1.82, 2.24) is 5.01 Å². The van der Waals surface area contributed by atoms with Gasteiger partial charge in [-0.05, 0) is 55.3 Å². The number of fused-ring (bicyclic) bond motifs is 1. The van der Waals surface area contributed by atoms with Crippen LogP contribution in [0, 0.1) is 19.7 Å². The highest BCUT2D eigenvalue weighted by Crippen LogP contribution is 2.32. The van der Waals surface area contributed by atoms with E-state index in [0.717, 1.165) is 22.1 Å². The standard InChI is InChI=1S/C20H17ClFN5O3/c1-10-3-5-13(7-11(10)2)27-19(29)17-18(20(27)30)26(25-24-17)9-16(28)23-12-4-6-15(22)14(21)8-12/h3-8,17-18H,9H2,1-2H3,(H,23,28)/t17-,18-/m1/s1. The number of hydrogen-bond donors (Lipinski definition) is 1. The van der Waals surface area contributed by atoms with E-state index in [1.54, 1.807) is 12.1 Å². The number of imide groups is 1. The molecule has 0 spiro atoms. The monoisotopic (exact) mass is 429 g/mol. The Morgan fingerprint density at radius 2 is 1.90 bits per heavy atom. The van der Waals surface area contributed by atoms with Gasteiger partial charge in [-0.3, -0.25) is 19.4 Å². The molecule has 2 aliphatic heterocycles. The van der Waals surface area contributed by atoms with E-state index < -0.39 is 35.6 Å². The average Bonchev–Trinajstić information content (AvgIpc) is 3.21. The summed E-state index contributed by atoms with van der Waals surface area (Å²) in [5, 5.41) is 11.4. The van der Waals surface area contributed by atoms with Gasteiger partial charge >= 0.3 is 0 Å². The molecule has 0 aliphatic carbocycles. The Morgan fingerprint density at radius 1 is 1.13 bits per heavy atom. The van der Waals surface area contributed by atoms with E-state index in [-0.39, 0.29) is 11.6 Å². The number of aryl methyl sites for hydroxylation is 2. The second-order valence-corrected chi connectivity index (χ2v) is 7.56. The number of carbonyl (C=O) groups excluding carboxylic acids is 3. The van der Waals surface area contributed by atoms with Crippen molar-refractivity contribution in [3.05, 3.63) is 58.4 Å². The summed E-state index contributed by atoms with van der Waals surface area (Å²) < 4.78 is 13.3. The molecule has 2 atom stereocenters.